The van der Waals surface area contributed by atoms with Crippen LogP contribution in [-0.4, -0.2) is 23.5 Å². The average molecular weight is 218 g/mol. The zero-order valence-electron chi connectivity index (χ0n) is 7.66. The van der Waals surface area contributed by atoms with Crippen LogP contribution in [0.1, 0.15) is 11.7 Å². The van der Waals surface area contributed by atoms with E-state index in [4.69, 9.17) is 0 Å². The molecule has 0 amide bonds. The summed E-state index contributed by atoms with van der Waals surface area (Å²) in [6.07, 6.45) is -6.19. The minimum Gasteiger partial charge on any atom is -0.385 e. The van der Waals surface area contributed by atoms with Crippen LogP contribution in [0.5, 0.6) is 0 Å². The molecule has 0 radical (unpaired) electrons. The number of rotatable bonds is 2. The highest BCUT2D eigenvalue weighted by molar-refractivity contribution is 5.24. The van der Waals surface area contributed by atoms with Crippen LogP contribution in [-0.2, 0) is 4.74 Å². The molecule has 1 heterocycles. The Morgan fingerprint density at radius 1 is 1.27 bits per heavy atom. The van der Waals surface area contributed by atoms with Crippen molar-refractivity contribution < 1.29 is 23.0 Å². The van der Waals surface area contributed by atoms with E-state index in [0.717, 1.165) is 0 Å². The van der Waals surface area contributed by atoms with Crippen molar-refractivity contribution in [2.75, 3.05) is 6.61 Å². The molecule has 1 aromatic rings. The summed E-state index contributed by atoms with van der Waals surface area (Å²) in [5.74, 6) is 0. The van der Waals surface area contributed by atoms with E-state index in [-0.39, 0.29) is 5.56 Å². The Kier molecular flexibility index (Phi) is 2.24. The van der Waals surface area contributed by atoms with E-state index in [0.29, 0.717) is 0 Å². The standard InChI is InChI=1S/C10H9F3O2/c11-10(12,13)9(6-15-9)8(14)7-4-2-1-3-5-7/h1-5,8,14H,6H2/t8-,9+/m0/s1. The van der Waals surface area contributed by atoms with Gasteiger partial charge in [0.1, 0.15) is 6.10 Å². The van der Waals surface area contributed by atoms with Gasteiger partial charge in [0, 0.05) is 0 Å². The maximum absolute atomic E-state index is 12.5. The lowest BCUT2D eigenvalue weighted by atomic mass is 9.96. The summed E-state index contributed by atoms with van der Waals surface area (Å²) >= 11 is 0. The molecule has 5 heteroatoms. The fraction of sp³-hybridized carbons (Fsp3) is 0.400. The van der Waals surface area contributed by atoms with Crippen molar-refractivity contribution in [3.8, 4) is 0 Å². The highest BCUT2D eigenvalue weighted by atomic mass is 19.4. The van der Waals surface area contributed by atoms with Crippen LogP contribution in [0.2, 0.25) is 0 Å². The molecule has 1 aliphatic rings. The molecule has 0 spiro atoms. The van der Waals surface area contributed by atoms with Crippen molar-refractivity contribution in [3.63, 3.8) is 0 Å². The van der Waals surface area contributed by atoms with E-state index < -0.39 is 24.5 Å². The van der Waals surface area contributed by atoms with Gasteiger partial charge in [0.2, 0.25) is 5.60 Å². The molecule has 82 valence electrons. The first-order valence-corrected chi connectivity index (χ1v) is 4.41. The molecule has 1 aromatic carbocycles. The summed E-state index contributed by atoms with van der Waals surface area (Å²) < 4.78 is 42.0. The molecule has 2 nitrogen and oxygen atoms in total. The third-order valence-electron chi connectivity index (χ3n) is 2.49. The zero-order chi connectivity index (χ0) is 11.1. The molecule has 0 saturated carbocycles. The van der Waals surface area contributed by atoms with E-state index in [1.807, 2.05) is 0 Å². The van der Waals surface area contributed by atoms with Gasteiger partial charge in [-0.1, -0.05) is 30.3 Å². The van der Waals surface area contributed by atoms with Crippen molar-refractivity contribution in [1.29, 1.82) is 0 Å². The number of ether oxygens (including phenoxy) is 1. The monoisotopic (exact) mass is 218 g/mol. The first-order valence-electron chi connectivity index (χ1n) is 4.41. The molecule has 1 saturated heterocycles. The van der Waals surface area contributed by atoms with Crippen LogP contribution in [0.4, 0.5) is 13.2 Å². The van der Waals surface area contributed by atoms with Gasteiger partial charge in [0.15, 0.2) is 0 Å². The number of aliphatic hydroxyl groups is 1. The van der Waals surface area contributed by atoms with Gasteiger partial charge in [0.05, 0.1) is 6.61 Å². The second-order valence-electron chi connectivity index (χ2n) is 3.49. The number of alkyl halides is 3. The number of halogens is 3. The third-order valence-corrected chi connectivity index (χ3v) is 2.49. The Morgan fingerprint density at radius 3 is 2.20 bits per heavy atom. The van der Waals surface area contributed by atoms with E-state index in [1.54, 1.807) is 18.2 Å². The maximum Gasteiger partial charge on any atom is 0.422 e. The maximum atomic E-state index is 12.5. The molecule has 0 bridgehead atoms. The van der Waals surface area contributed by atoms with E-state index in [9.17, 15) is 18.3 Å². The molecule has 2 atom stereocenters. The van der Waals surface area contributed by atoms with Gasteiger partial charge in [-0.05, 0) is 5.56 Å². The van der Waals surface area contributed by atoms with Gasteiger partial charge < -0.3 is 9.84 Å². The summed E-state index contributed by atoms with van der Waals surface area (Å²) in [5, 5.41) is 9.60. The highest BCUT2D eigenvalue weighted by Crippen LogP contribution is 2.51. The smallest absolute Gasteiger partial charge is 0.385 e. The number of aliphatic hydroxyl groups excluding tert-OH is 1. The van der Waals surface area contributed by atoms with Crippen LogP contribution in [0.25, 0.3) is 0 Å². The molecule has 0 aliphatic carbocycles. The van der Waals surface area contributed by atoms with Gasteiger partial charge >= 0.3 is 6.18 Å². The molecule has 2 rings (SSSR count). The van der Waals surface area contributed by atoms with E-state index >= 15 is 0 Å². The van der Waals surface area contributed by atoms with Gasteiger partial charge in [-0.3, -0.25) is 0 Å². The number of benzene rings is 1. The van der Waals surface area contributed by atoms with E-state index in [1.165, 1.54) is 12.1 Å². The zero-order valence-corrected chi connectivity index (χ0v) is 7.66. The third kappa shape index (κ3) is 1.61. The normalized spacial score (nSPS) is 27.5. The predicted octanol–water partition coefficient (Wildman–Crippen LogP) is 2.05. The topological polar surface area (TPSA) is 32.8 Å². The molecule has 0 aromatic heterocycles. The van der Waals surface area contributed by atoms with Gasteiger partial charge in [-0.2, -0.15) is 13.2 Å². The quantitative estimate of drug-likeness (QED) is 0.770. The minimum absolute atomic E-state index is 0.215. The Bertz CT molecular complexity index is 343. The van der Waals surface area contributed by atoms with E-state index in [2.05, 4.69) is 4.74 Å². The average Bonchev–Trinajstić information content (AvgIpc) is 2.98. The molecule has 0 unspecified atom stereocenters. The number of hydrogen-bond donors (Lipinski definition) is 1. The van der Waals surface area contributed by atoms with Crippen LogP contribution >= 0.6 is 0 Å². The molecule has 1 aliphatic heterocycles. The Balaban J connectivity index is 2.26. The summed E-state index contributed by atoms with van der Waals surface area (Å²) in [6.45, 7) is -0.480. The summed E-state index contributed by atoms with van der Waals surface area (Å²) in [7, 11) is 0. The lowest BCUT2D eigenvalue weighted by Crippen LogP contribution is -2.38. The van der Waals surface area contributed by atoms with Crippen LogP contribution in [0, 0.1) is 0 Å². The highest BCUT2D eigenvalue weighted by Gasteiger charge is 2.70. The second kappa shape index (κ2) is 3.21. The van der Waals surface area contributed by atoms with Crippen molar-refractivity contribution in [2.45, 2.75) is 17.9 Å². The lowest BCUT2D eigenvalue weighted by Gasteiger charge is -2.21. The van der Waals surface area contributed by atoms with Crippen molar-refractivity contribution in [1.82, 2.24) is 0 Å². The van der Waals surface area contributed by atoms with Crippen LogP contribution < -0.4 is 0 Å². The summed E-state index contributed by atoms with van der Waals surface area (Å²) in [5.41, 5.74) is -2.18. The Morgan fingerprint density at radius 2 is 1.80 bits per heavy atom. The van der Waals surface area contributed by atoms with Gasteiger partial charge in [0.25, 0.3) is 0 Å². The summed E-state index contributed by atoms with van der Waals surface area (Å²) in [6, 6.07) is 7.71. The molecule has 15 heavy (non-hydrogen) atoms. The lowest BCUT2D eigenvalue weighted by molar-refractivity contribution is -0.210. The SMILES string of the molecule is O[C@@H](c1ccccc1)[C@@]1(C(F)(F)F)CO1. The molecule has 1 fully saturated rings. The Hall–Kier alpha value is -1.07. The first kappa shape index (κ1) is 10.4. The fourth-order valence-electron chi connectivity index (χ4n) is 1.46. The molecular formula is C10H9F3O2. The Labute approximate surface area is 84.3 Å². The minimum atomic E-state index is -4.54. The van der Waals surface area contributed by atoms with Crippen molar-refractivity contribution in [3.05, 3.63) is 35.9 Å². The molecule has 1 N–H and O–H groups in total. The number of hydrogen-bond acceptors (Lipinski definition) is 2. The molecular weight excluding hydrogens is 209 g/mol. The largest absolute Gasteiger partial charge is 0.422 e. The van der Waals surface area contributed by atoms with Crippen LogP contribution in [0.3, 0.4) is 0 Å². The fourth-order valence-corrected chi connectivity index (χ4v) is 1.46. The second-order valence-corrected chi connectivity index (χ2v) is 3.49. The van der Waals surface area contributed by atoms with Gasteiger partial charge in [-0.15, -0.1) is 0 Å². The van der Waals surface area contributed by atoms with Gasteiger partial charge in [-0.25, -0.2) is 0 Å². The number of epoxide rings is 1. The summed E-state index contributed by atoms with van der Waals surface area (Å²) in [4.78, 5) is 0. The van der Waals surface area contributed by atoms with Crippen molar-refractivity contribution >= 4 is 0 Å². The first-order chi connectivity index (χ1) is 6.97. The van der Waals surface area contributed by atoms with Crippen LogP contribution in [0.15, 0.2) is 30.3 Å². The predicted molar refractivity (Wildman–Crippen MR) is 46.1 cm³/mol. The van der Waals surface area contributed by atoms with Crippen molar-refractivity contribution in [2.24, 2.45) is 0 Å².